The Labute approximate surface area is 158 Å². The standard InChI is InChI=1S/C22H32N2S/c1-3-10-21(11-4-1)20-24(18-17-23-14-7-8-15-23)16-9-19-25-22-12-5-2-6-13-22/h1-5,10-12H,6-9,13-20H2. The van der Waals surface area contributed by atoms with Gasteiger partial charge in [-0.3, -0.25) is 4.90 Å². The second kappa shape index (κ2) is 10.8. The number of rotatable bonds is 10. The monoisotopic (exact) mass is 356 g/mol. The van der Waals surface area contributed by atoms with Crippen LogP contribution in [0, 0.1) is 0 Å². The van der Waals surface area contributed by atoms with Crippen molar-refractivity contribution in [2.24, 2.45) is 0 Å². The van der Waals surface area contributed by atoms with Crippen molar-refractivity contribution in [3.05, 3.63) is 59.0 Å². The van der Waals surface area contributed by atoms with E-state index in [0.29, 0.717) is 0 Å². The van der Waals surface area contributed by atoms with E-state index < -0.39 is 0 Å². The van der Waals surface area contributed by atoms with E-state index in [1.54, 1.807) is 4.91 Å². The van der Waals surface area contributed by atoms with Crippen LogP contribution in [0.15, 0.2) is 53.5 Å². The smallest absolute Gasteiger partial charge is 0.0234 e. The summed E-state index contributed by atoms with van der Waals surface area (Å²) in [6.45, 7) is 7.33. The molecule has 0 unspecified atom stereocenters. The summed E-state index contributed by atoms with van der Waals surface area (Å²) in [6, 6.07) is 11.0. The van der Waals surface area contributed by atoms with E-state index in [0.717, 1.165) is 6.54 Å². The van der Waals surface area contributed by atoms with Crippen molar-refractivity contribution in [1.29, 1.82) is 0 Å². The highest BCUT2D eigenvalue weighted by Gasteiger charge is 2.13. The van der Waals surface area contributed by atoms with Crippen molar-refractivity contribution in [2.45, 2.75) is 38.6 Å². The van der Waals surface area contributed by atoms with Gasteiger partial charge in [0.05, 0.1) is 0 Å². The molecule has 0 radical (unpaired) electrons. The molecule has 1 saturated heterocycles. The summed E-state index contributed by atoms with van der Waals surface area (Å²) < 4.78 is 0. The Bertz CT molecular complexity index is 546. The Hall–Kier alpha value is -1.03. The van der Waals surface area contributed by atoms with Gasteiger partial charge in [0, 0.05) is 19.6 Å². The van der Waals surface area contributed by atoms with E-state index in [-0.39, 0.29) is 0 Å². The molecule has 1 aliphatic carbocycles. The summed E-state index contributed by atoms with van der Waals surface area (Å²) in [6.07, 6.45) is 13.3. The molecule has 1 aromatic rings. The zero-order chi connectivity index (χ0) is 17.2. The second-order valence-corrected chi connectivity index (χ2v) is 8.33. The average Bonchev–Trinajstić information content (AvgIpc) is 3.18. The molecule has 1 aliphatic heterocycles. The Morgan fingerprint density at radius 1 is 1.04 bits per heavy atom. The third kappa shape index (κ3) is 7.01. The summed E-state index contributed by atoms with van der Waals surface area (Å²) >= 11 is 2.06. The van der Waals surface area contributed by atoms with Gasteiger partial charge in [-0.25, -0.2) is 0 Å². The van der Waals surface area contributed by atoms with Crippen LogP contribution in [0.3, 0.4) is 0 Å². The average molecular weight is 357 g/mol. The first-order chi connectivity index (χ1) is 12.4. The van der Waals surface area contributed by atoms with Gasteiger partial charge in [-0.2, -0.15) is 0 Å². The minimum atomic E-state index is 1.09. The highest BCUT2D eigenvalue weighted by atomic mass is 32.2. The maximum absolute atomic E-state index is 2.66. The molecule has 1 aromatic carbocycles. The number of likely N-dealkylation sites (tertiary alicyclic amines) is 1. The Morgan fingerprint density at radius 2 is 1.88 bits per heavy atom. The molecule has 136 valence electrons. The van der Waals surface area contributed by atoms with Crippen molar-refractivity contribution >= 4 is 11.8 Å². The predicted molar refractivity (Wildman–Crippen MR) is 111 cm³/mol. The van der Waals surface area contributed by atoms with Gasteiger partial charge in [0.1, 0.15) is 0 Å². The number of hydrogen-bond acceptors (Lipinski definition) is 3. The van der Waals surface area contributed by atoms with Crippen LogP contribution in [0.2, 0.25) is 0 Å². The lowest BCUT2D eigenvalue weighted by molar-refractivity contribution is 0.219. The maximum atomic E-state index is 2.66. The van der Waals surface area contributed by atoms with Gasteiger partial charge in [-0.05, 0) is 68.0 Å². The van der Waals surface area contributed by atoms with Gasteiger partial charge in [0.2, 0.25) is 0 Å². The molecule has 0 amide bonds. The van der Waals surface area contributed by atoms with Crippen LogP contribution < -0.4 is 0 Å². The molecule has 3 heteroatoms. The number of allylic oxidation sites excluding steroid dienone is 4. The number of nitrogens with zero attached hydrogens (tertiary/aromatic N) is 2. The summed E-state index contributed by atoms with van der Waals surface area (Å²) in [5.41, 5.74) is 1.44. The fourth-order valence-corrected chi connectivity index (χ4v) is 4.57. The van der Waals surface area contributed by atoms with Crippen molar-refractivity contribution < 1.29 is 0 Å². The molecule has 0 bridgehead atoms. The fraction of sp³-hybridized carbons (Fsp3) is 0.545. The van der Waals surface area contributed by atoms with Crippen molar-refractivity contribution in [3.63, 3.8) is 0 Å². The Kier molecular flexibility index (Phi) is 8.14. The van der Waals surface area contributed by atoms with Crippen LogP contribution in [-0.2, 0) is 6.54 Å². The quantitative estimate of drug-likeness (QED) is 0.548. The van der Waals surface area contributed by atoms with Gasteiger partial charge in [0.15, 0.2) is 0 Å². The van der Waals surface area contributed by atoms with Gasteiger partial charge in [0.25, 0.3) is 0 Å². The molecule has 0 saturated carbocycles. The Balaban J connectivity index is 1.43. The number of hydrogen-bond donors (Lipinski definition) is 0. The summed E-state index contributed by atoms with van der Waals surface area (Å²) in [7, 11) is 0. The van der Waals surface area contributed by atoms with Gasteiger partial charge in [-0.1, -0.05) is 48.6 Å². The third-order valence-corrected chi connectivity index (χ3v) is 6.27. The number of thioether (sulfide) groups is 1. The minimum absolute atomic E-state index is 1.09. The first kappa shape index (κ1) is 18.8. The van der Waals surface area contributed by atoms with E-state index in [4.69, 9.17) is 0 Å². The molecule has 0 aromatic heterocycles. The minimum Gasteiger partial charge on any atom is -0.302 e. The lowest BCUT2D eigenvalue weighted by Gasteiger charge is -2.25. The molecule has 3 rings (SSSR count). The molecule has 1 fully saturated rings. The topological polar surface area (TPSA) is 6.48 Å². The van der Waals surface area contributed by atoms with Crippen molar-refractivity contribution in [1.82, 2.24) is 9.80 Å². The summed E-state index contributed by atoms with van der Waals surface area (Å²) in [5.74, 6) is 1.24. The molecule has 2 aliphatic rings. The number of benzene rings is 1. The molecule has 0 spiro atoms. The Morgan fingerprint density at radius 3 is 2.64 bits per heavy atom. The van der Waals surface area contributed by atoms with E-state index in [1.165, 1.54) is 76.1 Å². The van der Waals surface area contributed by atoms with Crippen LogP contribution in [0.25, 0.3) is 0 Å². The molecule has 2 nitrogen and oxygen atoms in total. The molecule has 1 heterocycles. The maximum Gasteiger partial charge on any atom is 0.0234 e. The van der Waals surface area contributed by atoms with Crippen LogP contribution in [-0.4, -0.2) is 48.3 Å². The van der Waals surface area contributed by atoms with Crippen LogP contribution >= 0.6 is 11.8 Å². The molecular weight excluding hydrogens is 324 g/mol. The zero-order valence-electron chi connectivity index (χ0n) is 15.4. The van der Waals surface area contributed by atoms with Crippen LogP contribution in [0.4, 0.5) is 0 Å². The highest BCUT2D eigenvalue weighted by molar-refractivity contribution is 8.03. The lowest BCUT2D eigenvalue weighted by Crippen LogP contribution is -2.34. The van der Waals surface area contributed by atoms with E-state index >= 15 is 0 Å². The van der Waals surface area contributed by atoms with Crippen LogP contribution in [0.1, 0.15) is 37.7 Å². The third-order valence-electron chi connectivity index (χ3n) is 5.06. The molecule has 0 N–H and O–H groups in total. The molecule has 0 atom stereocenters. The summed E-state index contributed by atoms with van der Waals surface area (Å²) in [5, 5.41) is 0. The van der Waals surface area contributed by atoms with Crippen LogP contribution in [0.5, 0.6) is 0 Å². The zero-order valence-corrected chi connectivity index (χ0v) is 16.2. The molecule has 25 heavy (non-hydrogen) atoms. The lowest BCUT2D eigenvalue weighted by atomic mass is 10.2. The SMILES string of the molecule is C1=CCCC(SCCCN(CCN2CCCC2)Cc2ccccc2)=C1. The van der Waals surface area contributed by atoms with Gasteiger partial charge >= 0.3 is 0 Å². The first-order valence-corrected chi connectivity index (χ1v) is 10.9. The van der Waals surface area contributed by atoms with Crippen molar-refractivity contribution in [2.75, 3.05) is 38.5 Å². The second-order valence-electron chi connectivity index (χ2n) is 7.11. The fourth-order valence-electron chi connectivity index (χ4n) is 3.59. The summed E-state index contributed by atoms with van der Waals surface area (Å²) in [4.78, 5) is 6.85. The van der Waals surface area contributed by atoms with E-state index in [2.05, 4.69) is 70.1 Å². The molecular formula is C22H32N2S. The van der Waals surface area contributed by atoms with Gasteiger partial charge < -0.3 is 4.90 Å². The largest absolute Gasteiger partial charge is 0.302 e. The first-order valence-electron chi connectivity index (χ1n) is 9.87. The predicted octanol–water partition coefficient (Wildman–Crippen LogP) is 4.94. The highest BCUT2D eigenvalue weighted by Crippen LogP contribution is 2.24. The van der Waals surface area contributed by atoms with E-state index in [1.807, 2.05) is 0 Å². The van der Waals surface area contributed by atoms with Gasteiger partial charge in [-0.15, -0.1) is 11.8 Å². The van der Waals surface area contributed by atoms with E-state index in [9.17, 15) is 0 Å². The normalized spacial score (nSPS) is 18.0. The van der Waals surface area contributed by atoms with Crippen molar-refractivity contribution in [3.8, 4) is 0 Å².